The quantitative estimate of drug-likeness (QED) is 0.294. The number of aliphatic hydroxyl groups is 1. The molecule has 1 aromatic carbocycles. The van der Waals surface area contributed by atoms with Crippen LogP contribution in [-0.4, -0.2) is 53.5 Å². The molecule has 166 valence electrons. The summed E-state index contributed by atoms with van der Waals surface area (Å²) in [4.78, 5) is 22.9. The minimum atomic E-state index is -0.828. The Kier molecular flexibility index (Phi) is 5.69. The van der Waals surface area contributed by atoms with E-state index in [-0.39, 0.29) is 47.5 Å². The van der Waals surface area contributed by atoms with E-state index in [1.165, 1.54) is 29.3 Å². The maximum absolute atomic E-state index is 14.3. The molecular weight excluding hydrogens is 424 g/mol. The Labute approximate surface area is 179 Å². The van der Waals surface area contributed by atoms with E-state index in [0.29, 0.717) is 5.69 Å². The fourth-order valence-electron chi connectivity index (χ4n) is 3.10. The summed E-state index contributed by atoms with van der Waals surface area (Å²) >= 11 is 0. The van der Waals surface area contributed by atoms with Crippen LogP contribution < -0.4 is 10.6 Å². The first-order chi connectivity index (χ1) is 15.4. The molecule has 1 amide bonds. The van der Waals surface area contributed by atoms with Crippen molar-refractivity contribution in [2.45, 2.75) is 19.5 Å². The molecule has 4 rings (SSSR count). The summed E-state index contributed by atoms with van der Waals surface area (Å²) in [6, 6.07) is 3.04. The molecule has 1 atom stereocenters. The van der Waals surface area contributed by atoms with Crippen molar-refractivity contribution in [3.63, 3.8) is 0 Å². The van der Waals surface area contributed by atoms with Crippen LogP contribution >= 0.6 is 0 Å². The number of hydrogen-bond donors (Lipinski definition) is 5. The van der Waals surface area contributed by atoms with E-state index >= 15 is 0 Å². The van der Waals surface area contributed by atoms with Gasteiger partial charge in [-0.25, -0.2) is 18.7 Å². The lowest BCUT2D eigenvalue weighted by Gasteiger charge is -2.10. The molecule has 12 heteroatoms. The van der Waals surface area contributed by atoms with Crippen molar-refractivity contribution in [1.82, 2.24) is 30.0 Å². The third-order valence-electron chi connectivity index (χ3n) is 4.59. The predicted molar refractivity (Wildman–Crippen MR) is 111 cm³/mol. The number of nitrogens with one attached hydrogen (secondary N) is 3. The molecule has 0 aliphatic rings. The standard InChI is InChI=1S/C20H19F2N7O3/c1-10(9-30)25-15(31)8-29-7-11(5-24-29)26-19-17-14(6-23-20(17)32)27-18(28-19)16-12(21)3-2-4-13(16)22/h2-7,10,23,30,32H,8-9H2,1H3,(H,25,31)(H,26,27,28). The third-order valence-corrected chi connectivity index (χ3v) is 4.59. The molecule has 5 N–H and O–H groups in total. The van der Waals surface area contributed by atoms with Gasteiger partial charge in [-0.3, -0.25) is 9.48 Å². The van der Waals surface area contributed by atoms with Crippen molar-refractivity contribution in [3.05, 3.63) is 48.4 Å². The largest absolute Gasteiger partial charge is 0.494 e. The molecule has 0 aliphatic carbocycles. The van der Waals surface area contributed by atoms with Gasteiger partial charge in [0, 0.05) is 18.4 Å². The lowest BCUT2D eigenvalue weighted by molar-refractivity contribution is -0.122. The van der Waals surface area contributed by atoms with Crippen LogP contribution in [0, 0.1) is 11.6 Å². The number of fused-ring (bicyclic) bond motifs is 1. The van der Waals surface area contributed by atoms with Crippen molar-refractivity contribution >= 4 is 28.3 Å². The Bertz CT molecular complexity index is 1270. The van der Waals surface area contributed by atoms with Gasteiger partial charge in [0.05, 0.1) is 29.6 Å². The lowest BCUT2D eigenvalue weighted by Crippen LogP contribution is -2.37. The fourth-order valence-corrected chi connectivity index (χ4v) is 3.10. The second kappa shape index (κ2) is 8.59. The topological polar surface area (TPSA) is 141 Å². The molecule has 0 spiro atoms. The van der Waals surface area contributed by atoms with E-state index in [4.69, 9.17) is 5.11 Å². The number of rotatable bonds is 7. The van der Waals surface area contributed by atoms with E-state index < -0.39 is 23.2 Å². The third kappa shape index (κ3) is 4.21. The number of aromatic hydroxyl groups is 1. The van der Waals surface area contributed by atoms with Gasteiger partial charge in [-0.2, -0.15) is 5.10 Å². The molecule has 3 aromatic heterocycles. The van der Waals surface area contributed by atoms with Gasteiger partial charge in [-0.05, 0) is 19.1 Å². The van der Waals surface area contributed by atoms with E-state index in [9.17, 15) is 18.7 Å². The van der Waals surface area contributed by atoms with Gasteiger partial charge in [-0.15, -0.1) is 0 Å². The molecule has 4 aromatic rings. The summed E-state index contributed by atoms with van der Waals surface area (Å²) in [7, 11) is 0. The Hall–Kier alpha value is -4.06. The minimum absolute atomic E-state index is 0.0873. The van der Waals surface area contributed by atoms with Gasteiger partial charge in [0.2, 0.25) is 11.8 Å². The van der Waals surface area contributed by atoms with Crippen LogP contribution in [0.3, 0.4) is 0 Å². The maximum Gasteiger partial charge on any atom is 0.242 e. The number of anilines is 2. The highest BCUT2D eigenvalue weighted by molar-refractivity contribution is 5.96. The van der Waals surface area contributed by atoms with Crippen molar-refractivity contribution in [3.8, 4) is 17.3 Å². The van der Waals surface area contributed by atoms with Crippen LogP contribution in [0.25, 0.3) is 22.3 Å². The van der Waals surface area contributed by atoms with Crippen LogP contribution in [0.1, 0.15) is 6.92 Å². The number of halogens is 2. The number of hydrogen-bond acceptors (Lipinski definition) is 7. The Morgan fingerprint density at radius 3 is 2.75 bits per heavy atom. The first kappa shape index (κ1) is 21.2. The molecule has 0 saturated carbocycles. The normalized spacial score (nSPS) is 12.1. The molecular formula is C20H19F2N7O3. The summed E-state index contributed by atoms with van der Waals surface area (Å²) in [6.07, 6.45) is 4.32. The van der Waals surface area contributed by atoms with Crippen LogP contribution in [0.5, 0.6) is 5.88 Å². The molecule has 0 radical (unpaired) electrons. The number of carbonyl (C=O) groups excluding carboxylic acids is 1. The highest BCUT2D eigenvalue weighted by Gasteiger charge is 2.20. The zero-order valence-electron chi connectivity index (χ0n) is 16.8. The average Bonchev–Trinajstić information content (AvgIpc) is 3.34. The van der Waals surface area contributed by atoms with E-state index in [1.807, 2.05) is 0 Å². The molecule has 3 heterocycles. The van der Waals surface area contributed by atoms with Crippen molar-refractivity contribution in [2.24, 2.45) is 0 Å². The van der Waals surface area contributed by atoms with Gasteiger partial charge in [-0.1, -0.05) is 6.07 Å². The van der Waals surface area contributed by atoms with E-state index in [0.717, 1.165) is 12.1 Å². The van der Waals surface area contributed by atoms with Crippen molar-refractivity contribution in [2.75, 3.05) is 11.9 Å². The second-order valence-corrected chi connectivity index (χ2v) is 7.09. The molecule has 0 bridgehead atoms. The molecule has 10 nitrogen and oxygen atoms in total. The number of benzene rings is 1. The zero-order valence-corrected chi connectivity index (χ0v) is 16.8. The van der Waals surface area contributed by atoms with Crippen molar-refractivity contribution < 1.29 is 23.8 Å². The summed E-state index contributed by atoms with van der Waals surface area (Å²) in [5, 5.41) is 29.0. The molecule has 32 heavy (non-hydrogen) atoms. The van der Waals surface area contributed by atoms with Gasteiger partial charge >= 0.3 is 0 Å². The number of amides is 1. The van der Waals surface area contributed by atoms with Gasteiger partial charge in [0.15, 0.2) is 5.82 Å². The highest BCUT2D eigenvalue weighted by Crippen LogP contribution is 2.34. The summed E-state index contributed by atoms with van der Waals surface area (Å²) in [6.45, 7) is 1.38. The fraction of sp³-hybridized carbons (Fsp3) is 0.200. The summed E-state index contributed by atoms with van der Waals surface area (Å²) < 4.78 is 29.9. The van der Waals surface area contributed by atoms with E-state index in [2.05, 4.69) is 30.7 Å². The minimum Gasteiger partial charge on any atom is -0.494 e. The van der Waals surface area contributed by atoms with Crippen LogP contribution in [0.2, 0.25) is 0 Å². The highest BCUT2D eigenvalue weighted by atomic mass is 19.1. The smallest absolute Gasteiger partial charge is 0.242 e. The first-order valence-corrected chi connectivity index (χ1v) is 9.58. The summed E-state index contributed by atoms with van der Waals surface area (Å²) in [5.41, 5.74) is 0.250. The van der Waals surface area contributed by atoms with Crippen LogP contribution in [-0.2, 0) is 11.3 Å². The molecule has 0 saturated heterocycles. The molecule has 0 fully saturated rings. The maximum atomic E-state index is 14.3. The Balaban J connectivity index is 1.66. The Morgan fingerprint density at radius 2 is 2.03 bits per heavy atom. The lowest BCUT2D eigenvalue weighted by atomic mass is 10.1. The zero-order chi connectivity index (χ0) is 22.8. The average molecular weight is 443 g/mol. The van der Waals surface area contributed by atoms with Gasteiger partial charge in [0.1, 0.15) is 29.4 Å². The number of aromatic amines is 1. The summed E-state index contributed by atoms with van der Waals surface area (Å²) in [5.74, 6) is -2.35. The monoisotopic (exact) mass is 443 g/mol. The number of aliphatic hydroxyl groups excluding tert-OH is 1. The van der Waals surface area contributed by atoms with E-state index in [1.54, 1.807) is 6.92 Å². The van der Waals surface area contributed by atoms with Crippen LogP contribution in [0.4, 0.5) is 20.3 Å². The Morgan fingerprint density at radius 1 is 1.28 bits per heavy atom. The number of nitrogens with zero attached hydrogens (tertiary/aromatic N) is 4. The number of aromatic nitrogens is 5. The predicted octanol–water partition coefficient (Wildman–Crippen LogP) is 2.05. The van der Waals surface area contributed by atoms with Gasteiger partial charge < -0.3 is 25.8 Å². The van der Waals surface area contributed by atoms with Crippen molar-refractivity contribution in [1.29, 1.82) is 0 Å². The second-order valence-electron chi connectivity index (χ2n) is 7.09. The van der Waals surface area contributed by atoms with Crippen LogP contribution in [0.15, 0.2) is 36.8 Å². The molecule has 0 aliphatic heterocycles. The number of carbonyl (C=O) groups is 1. The van der Waals surface area contributed by atoms with Gasteiger partial charge in [0.25, 0.3) is 0 Å². The molecule has 1 unspecified atom stereocenters. The number of H-pyrrole nitrogens is 1. The first-order valence-electron chi connectivity index (χ1n) is 9.58. The SMILES string of the molecule is CC(CO)NC(=O)Cn1cc(Nc2nc(-c3c(F)cccc3F)nc3c[nH]c(O)c23)cn1.